The Kier molecular flexibility index (Phi) is 5.36. The van der Waals surface area contributed by atoms with E-state index in [2.05, 4.69) is 5.32 Å². The van der Waals surface area contributed by atoms with Gasteiger partial charge in [-0.2, -0.15) is 0 Å². The maximum Gasteiger partial charge on any atom is 0.338 e. The van der Waals surface area contributed by atoms with Crippen LogP contribution in [-0.4, -0.2) is 60.8 Å². The van der Waals surface area contributed by atoms with Crippen molar-refractivity contribution in [1.82, 2.24) is 0 Å². The summed E-state index contributed by atoms with van der Waals surface area (Å²) in [7, 11) is 0. The minimum absolute atomic E-state index is 0.294. The molecule has 0 saturated carbocycles. The van der Waals surface area contributed by atoms with Gasteiger partial charge >= 0.3 is 5.97 Å². The second kappa shape index (κ2) is 7.58. The highest BCUT2D eigenvalue weighted by atomic mass is 16.9. The molecule has 3 saturated heterocycles. The van der Waals surface area contributed by atoms with Crippen LogP contribution in [-0.2, 0) is 33.2 Å². The lowest BCUT2D eigenvalue weighted by Gasteiger charge is -2.36. The number of hydrogen-bond donors (Lipinski definition) is 1. The van der Waals surface area contributed by atoms with Gasteiger partial charge in [0.05, 0.1) is 12.2 Å². The standard InChI is InChI=1S/C21H27NO8/c1-6-25-18(24)11-7-9-12(10-8-11)22-17(23)15-13-14(28-20(2,3)27-13)16-19(26-15)30-21(4,5)29-16/h7-10,13-16,19H,6H2,1-5H3,(H,22,23)/t13-,14-,15+,16+,19-/m0/s1. The van der Waals surface area contributed by atoms with Gasteiger partial charge in [0.1, 0.15) is 18.3 Å². The van der Waals surface area contributed by atoms with E-state index < -0.39 is 54.2 Å². The van der Waals surface area contributed by atoms with Gasteiger partial charge in [0.25, 0.3) is 5.91 Å². The van der Waals surface area contributed by atoms with E-state index in [0.29, 0.717) is 17.9 Å². The number of rotatable bonds is 4. The Morgan fingerprint density at radius 2 is 1.53 bits per heavy atom. The van der Waals surface area contributed by atoms with E-state index in [0.717, 1.165) is 0 Å². The Balaban J connectivity index is 1.50. The summed E-state index contributed by atoms with van der Waals surface area (Å²) in [5.41, 5.74) is 0.914. The van der Waals surface area contributed by atoms with Crippen LogP contribution >= 0.6 is 0 Å². The van der Waals surface area contributed by atoms with Crippen molar-refractivity contribution >= 4 is 17.6 Å². The molecule has 5 atom stereocenters. The Hall–Kier alpha value is -2.04. The average molecular weight is 421 g/mol. The van der Waals surface area contributed by atoms with E-state index >= 15 is 0 Å². The predicted octanol–water partition coefficient (Wildman–Crippen LogP) is 2.20. The van der Waals surface area contributed by atoms with Crippen LogP contribution in [0.2, 0.25) is 0 Å². The third-order valence-corrected chi connectivity index (χ3v) is 5.08. The van der Waals surface area contributed by atoms with Crippen molar-refractivity contribution in [2.75, 3.05) is 11.9 Å². The number of anilines is 1. The van der Waals surface area contributed by atoms with E-state index in [1.54, 1.807) is 58.9 Å². The molecular formula is C21H27NO8. The molecule has 0 bridgehead atoms. The number of nitrogens with one attached hydrogen (secondary N) is 1. The largest absolute Gasteiger partial charge is 0.462 e. The molecule has 3 aliphatic heterocycles. The van der Waals surface area contributed by atoms with E-state index in [-0.39, 0.29) is 0 Å². The molecule has 1 N–H and O–H groups in total. The van der Waals surface area contributed by atoms with Gasteiger partial charge in [-0.1, -0.05) is 0 Å². The number of carbonyl (C=O) groups is 2. The molecule has 9 nitrogen and oxygen atoms in total. The number of carbonyl (C=O) groups excluding carboxylic acids is 2. The molecule has 164 valence electrons. The monoisotopic (exact) mass is 421 g/mol. The maximum absolute atomic E-state index is 13.0. The molecule has 1 aromatic carbocycles. The summed E-state index contributed by atoms with van der Waals surface area (Å²) in [6, 6.07) is 6.43. The maximum atomic E-state index is 13.0. The zero-order valence-electron chi connectivity index (χ0n) is 17.7. The van der Waals surface area contributed by atoms with Crippen molar-refractivity contribution in [3.63, 3.8) is 0 Å². The van der Waals surface area contributed by atoms with E-state index in [1.807, 2.05) is 0 Å². The molecule has 9 heteroatoms. The molecule has 1 aromatic rings. The first-order chi connectivity index (χ1) is 14.1. The van der Waals surface area contributed by atoms with Gasteiger partial charge in [0.15, 0.2) is 24.0 Å². The summed E-state index contributed by atoms with van der Waals surface area (Å²) >= 11 is 0. The SMILES string of the molecule is CCOC(=O)c1ccc(NC(=O)[C@@H]2O[C@H]3OC(C)(C)O[C@@H]3[C@H]3OC(C)(C)O[C@@H]32)cc1. The quantitative estimate of drug-likeness (QED) is 0.739. The first-order valence-corrected chi connectivity index (χ1v) is 10.0. The molecule has 4 rings (SSSR count). The normalized spacial score (nSPS) is 33.4. The van der Waals surface area contributed by atoms with Gasteiger partial charge in [0, 0.05) is 5.69 Å². The molecule has 0 spiro atoms. The lowest BCUT2D eigenvalue weighted by molar-refractivity contribution is -0.229. The van der Waals surface area contributed by atoms with Crippen LogP contribution in [0.5, 0.6) is 0 Å². The summed E-state index contributed by atoms with van der Waals surface area (Å²) in [5.74, 6) is -2.56. The number of ether oxygens (including phenoxy) is 6. The second-order valence-electron chi connectivity index (χ2n) is 8.38. The van der Waals surface area contributed by atoms with Gasteiger partial charge in [-0.15, -0.1) is 0 Å². The fourth-order valence-corrected chi connectivity index (χ4v) is 3.94. The second-order valence-corrected chi connectivity index (χ2v) is 8.38. The van der Waals surface area contributed by atoms with Crippen molar-refractivity contribution in [3.05, 3.63) is 29.8 Å². The Morgan fingerprint density at radius 1 is 0.933 bits per heavy atom. The summed E-state index contributed by atoms with van der Waals surface area (Å²) < 4.78 is 34.6. The van der Waals surface area contributed by atoms with Gasteiger partial charge in [0.2, 0.25) is 0 Å². The molecule has 0 aromatic heterocycles. The fraction of sp³-hybridized carbons (Fsp3) is 0.619. The molecule has 30 heavy (non-hydrogen) atoms. The predicted molar refractivity (Wildman–Crippen MR) is 104 cm³/mol. The van der Waals surface area contributed by atoms with Crippen LogP contribution in [0.1, 0.15) is 45.0 Å². The molecule has 3 heterocycles. The summed E-state index contributed by atoms with van der Waals surface area (Å²) in [6.45, 7) is 9.16. The van der Waals surface area contributed by atoms with Crippen LogP contribution in [0.3, 0.4) is 0 Å². The third-order valence-electron chi connectivity index (χ3n) is 5.08. The van der Waals surface area contributed by atoms with Crippen LogP contribution in [0, 0.1) is 0 Å². The molecular weight excluding hydrogens is 394 g/mol. The number of fused-ring (bicyclic) bond motifs is 3. The lowest BCUT2D eigenvalue weighted by Crippen LogP contribution is -2.58. The van der Waals surface area contributed by atoms with Crippen molar-refractivity contribution in [3.8, 4) is 0 Å². The number of benzene rings is 1. The summed E-state index contributed by atoms with van der Waals surface area (Å²) in [4.78, 5) is 24.8. The number of hydrogen-bond acceptors (Lipinski definition) is 8. The van der Waals surface area contributed by atoms with E-state index in [1.165, 1.54) is 0 Å². The molecule has 0 radical (unpaired) electrons. The van der Waals surface area contributed by atoms with Crippen molar-refractivity contribution in [1.29, 1.82) is 0 Å². The van der Waals surface area contributed by atoms with Crippen LogP contribution in [0.25, 0.3) is 0 Å². The van der Waals surface area contributed by atoms with Crippen molar-refractivity contribution < 1.29 is 38.0 Å². The van der Waals surface area contributed by atoms with Crippen molar-refractivity contribution in [2.45, 2.75) is 76.9 Å². The molecule has 0 aliphatic carbocycles. The average Bonchev–Trinajstić information content (AvgIpc) is 3.15. The van der Waals surface area contributed by atoms with Crippen LogP contribution in [0.15, 0.2) is 24.3 Å². The Bertz CT molecular complexity index is 821. The highest BCUT2D eigenvalue weighted by molar-refractivity contribution is 5.96. The summed E-state index contributed by atoms with van der Waals surface area (Å²) in [5, 5.41) is 2.80. The number of amides is 1. The van der Waals surface area contributed by atoms with Crippen molar-refractivity contribution in [2.24, 2.45) is 0 Å². The van der Waals surface area contributed by atoms with E-state index in [4.69, 9.17) is 28.4 Å². The Morgan fingerprint density at radius 3 is 2.20 bits per heavy atom. The van der Waals surface area contributed by atoms with Gasteiger partial charge in [-0.05, 0) is 58.9 Å². The van der Waals surface area contributed by atoms with E-state index in [9.17, 15) is 9.59 Å². The Labute approximate surface area is 174 Å². The first-order valence-electron chi connectivity index (χ1n) is 10.0. The zero-order valence-corrected chi connectivity index (χ0v) is 17.7. The molecule has 1 amide bonds. The lowest BCUT2D eigenvalue weighted by atomic mass is 9.98. The smallest absolute Gasteiger partial charge is 0.338 e. The highest BCUT2D eigenvalue weighted by Gasteiger charge is 2.62. The number of esters is 1. The van der Waals surface area contributed by atoms with Crippen LogP contribution < -0.4 is 5.32 Å². The van der Waals surface area contributed by atoms with Gasteiger partial charge in [-0.3, -0.25) is 4.79 Å². The summed E-state index contributed by atoms with van der Waals surface area (Å²) in [6.07, 6.45) is -3.37. The minimum Gasteiger partial charge on any atom is -0.462 e. The highest BCUT2D eigenvalue weighted by Crippen LogP contribution is 2.44. The fourth-order valence-electron chi connectivity index (χ4n) is 3.94. The van der Waals surface area contributed by atoms with Gasteiger partial charge < -0.3 is 33.7 Å². The molecule has 3 aliphatic rings. The first kappa shape index (κ1) is 21.2. The molecule has 0 unspecified atom stereocenters. The van der Waals surface area contributed by atoms with Gasteiger partial charge in [-0.25, -0.2) is 4.79 Å². The molecule has 3 fully saturated rings. The third kappa shape index (κ3) is 4.08. The van der Waals surface area contributed by atoms with Crippen LogP contribution in [0.4, 0.5) is 5.69 Å². The topological polar surface area (TPSA) is 102 Å². The minimum atomic E-state index is -0.958. The zero-order chi connectivity index (χ0) is 21.7.